The number of anilines is 1. The summed E-state index contributed by atoms with van der Waals surface area (Å²) in [6, 6.07) is 7.78. The van der Waals surface area contributed by atoms with Crippen molar-refractivity contribution in [1.82, 2.24) is 19.5 Å². The summed E-state index contributed by atoms with van der Waals surface area (Å²) >= 11 is 0. The first-order valence-corrected chi connectivity index (χ1v) is 5.97. The third-order valence-corrected chi connectivity index (χ3v) is 2.79. The molecule has 3 rings (SSSR count). The monoisotopic (exact) mass is 255 g/mol. The Hall–Kier alpha value is -2.63. The SMILES string of the molecule is CCOc1ncnc(-n2cnc3ccccc32)c1N. The summed E-state index contributed by atoms with van der Waals surface area (Å²) in [5.74, 6) is 0.970. The Morgan fingerprint density at radius 2 is 2.05 bits per heavy atom. The van der Waals surface area contributed by atoms with E-state index in [1.807, 2.05) is 35.8 Å². The normalized spacial score (nSPS) is 10.8. The number of hydrogen-bond acceptors (Lipinski definition) is 5. The largest absolute Gasteiger partial charge is 0.476 e. The van der Waals surface area contributed by atoms with Crippen molar-refractivity contribution < 1.29 is 4.74 Å². The van der Waals surface area contributed by atoms with Crippen LogP contribution in [0.4, 0.5) is 5.69 Å². The third kappa shape index (κ3) is 1.87. The lowest BCUT2D eigenvalue weighted by Gasteiger charge is -2.10. The molecule has 2 aromatic heterocycles. The lowest BCUT2D eigenvalue weighted by molar-refractivity contribution is 0.328. The summed E-state index contributed by atoms with van der Waals surface area (Å²) in [5.41, 5.74) is 8.29. The number of para-hydroxylation sites is 2. The summed E-state index contributed by atoms with van der Waals surface area (Å²) < 4.78 is 7.21. The van der Waals surface area contributed by atoms with Crippen molar-refractivity contribution in [3.05, 3.63) is 36.9 Å². The van der Waals surface area contributed by atoms with Gasteiger partial charge in [-0.15, -0.1) is 0 Å². The van der Waals surface area contributed by atoms with E-state index in [0.29, 0.717) is 24.0 Å². The van der Waals surface area contributed by atoms with Crippen molar-refractivity contribution in [1.29, 1.82) is 0 Å². The molecule has 0 fully saturated rings. The Morgan fingerprint density at radius 1 is 1.21 bits per heavy atom. The first-order chi connectivity index (χ1) is 9.31. The summed E-state index contributed by atoms with van der Waals surface area (Å²) in [7, 11) is 0. The second-order valence-corrected chi connectivity index (χ2v) is 3.95. The highest BCUT2D eigenvalue weighted by molar-refractivity contribution is 5.78. The van der Waals surface area contributed by atoms with Crippen LogP contribution in [0.15, 0.2) is 36.9 Å². The first-order valence-electron chi connectivity index (χ1n) is 5.97. The first kappa shape index (κ1) is 11.5. The Kier molecular flexibility index (Phi) is 2.75. The maximum Gasteiger partial charge on any atom is 0.242 e. The van der Waals surface area contributed by atoms with Crippen LogP contribution in [0.3, 0.4) is 0 Å². The van der Waals surface area contributed by atoms with E-state index in [-0.39, 0.29) is 0 Å². The van der Waals surface area contributed by atoms with Crippen LogP contribution in [-0.2, 0) is 0 Å². The van der Waals surface area contributed by atoms with Crippen LogP contribution in [0.2, 0.25) is 0 Å². The third-order valence-electron chi connectivity index (χ3n) is 2.79. The number of fused-ring (bicyclic) bond motifs is 1. The van der Waals surface area contributed by atoms with E-state index in [0.717, 1.165) is 11.0 Å². The number of aromatic nitrogens is 4. The van der Waals surface area contributed by atoms with Crippen LogP contribution in [-0.4, -0.2) is 26.1 Å². The smallest absolute Gasteiger partial charge is 0.242 e. The number of hydrogen-bond donors (Lipinski definition) is 1. The maximum absolute atomic E-state index is 6.05. The number of ether oxygens (including phenoxy) is 1. The molecule has 0 saturated heterocycles. The van der Waals surface area contributed by atoms with Gasteiger partial charge in [-0.05, 0) is 19.1 Å². The topological polar surface area (TPSA) is 78.9 Å². The fourth-order valence-corrected chi connectivity index (χ4v) is 1.94. The van der Waals surface area contributed by atoms with Crippen molar-refractivity contribution in [3.8, 4) is 11.7 Å². The van der Waals surface area contributed by atoms with Crippen molar-refractivity contribution in [3.63, 3.8) is 0 Å². The molecular weight excluding hydrogens is 242 g/mol. The molecule has 96 valence electrons. The van der Waals surface area contributed by atoms with E-state index in [1.165, 1.54) is 6.33 Å². The van der Waals surface area contributed by atoms with Gasteiger partial charge in [0.2, 0.25) is 5.88 Å². The van der Waals surface area contributed by atoms with Crippen molar-refractivity contribution in [2.75, 3.05) is 12.3 Å². The second kappa shape index (κ2) is 4.56. The van der Waals surface area contributed by atoms with Crippen LogP contribution in [0.1, 0.15) is 6.92 Å². The van der Waals surface area contributed by atoms with Gasteiger partial charge in [0.15, 0.2) is 5.82 Å². The molecule has 6 heteroatoms. The molecule has 6 nitrogen and oxygen atoms in total. The lowest BCUT2D eigenvalue weighted by Crippen LogP contribution is -2.06. The van der Waals surface area contributed by atoms with Crippen LogP contribution in [0.5, 0.6) is 5.88 Å². The number of benzene rings is 1. The fraction of sp³-hybridized carbons (Fsp3) is 0.154. The van der Waals surface area contributed by atoms with Gasteiger partial charge in [0.05, 0.1) is 17.6 Å². The molecule has 0 aliphatic rings. The average molecular weight is 255 g/mol. The van der Waals surface area contributed by atoms with Crippen molar-refractivity contribution in [2.45, 2.75) is 6.92 Å². The van der Waals surface area contributed by atoms with Gasteiger partial charge in [-0.2, -0.15) is 4.98 Å². The minimum atomic E-state index is 0.394. The number of rotatable bonds is 3. The van der Waals surface area contributed by atoms with Gasteiger partial charge < -0.3 is 10.5 Å². The highest BCUT2D eigenvalue weighted by Crippen LogP contribution is 2.26. The molecule has 0 unspecified atom stereocenters. The lowest BCUT2D eigenvalue weighted by atomic mass is 10.3. The summed E-state index contributed by atoms with van der Waals surface area (Å²) in [6.07, 6.45) is 3.13. The van der Waals surface area contributed by atoms with E-state index in [9.17, 15) is 0 Å². The van der Waals surface area contributed by atoms with Crippen LogP contribution < -0.4 is 10.5 Å². The molecule has 0 aliphatic heterocycles. The average Bonchev–Trinajstić information content (AvgIpc) is 2.85. The molecule has 0 amide bonds. The van der Waals surface area contributed by atoms with E-state index in [2.05, 4.69) is 15.0 Å². The molecule has 0 bridgehead atoms. The van der Waals surface area contributed by atoms with Gasteiger partial charge in [-0.1, -0.05) is 12.1 Å². The van der Waals surface area contributed by atoms with Gasteiger partial charge in [-0.3, -0.25) is 4.57 Å². The minimum Gasteiger partial charge on any atom is -0.476 e. The second-order valence-electron chi connectivity index (χ2n) is 3.95. The summed E-state index contributed by atoms with van der Waals surface area (Å²) in [5, 5.41) is 0. The van der Waals surface area contributed by atoms with Gasteiger partial charge in [0, 0.05) is 0 Å². The maximum atomic E-state index is 6.05. The number of imidazole rings is 1. The van der Waals surface area contributed by atoms with Crippen LogP contribution in [0, 0.1) is 0 Å². The Morgan fingerprint density at radius 3 is 2.89 bits per heavy atom. The minimum absolute atomic E-state index is 0.394. The summed E-state index contributed by atoms with van der Waals surface area (Å²) in [4.78, 5) is 12.6. The molecule has 2 heterocycles. The number of nitrogens with zero attached hydrogens (tertiary/aromatic N) is 4. The molecular formula is C13H13N5O. The number of nitrogen functional groups attached to an aromatic ring is 1. The van der Waals surface area contributed by atoms with Gasteiger partial charge >= 0.3 is 0 Å². The van der Waals surface area contributed by atoms with Crippen molar-refractivity contribution >= 4 is 16.7 Å². The molecule has 0 saturated carbocycles. The molecule has 1 aromatic carbocycles. The Labute approximate surface area is 109 Å². The van der Waals surface area contributed by atoms with E-state index < -0.39 is 0 Å². The van der Waals surface area contributed by atoms with E-state index in [4.69, 9.17) is 10.5 Å². The Bertz CT molecular complexity index is 722. The fourth-order valence-electron chi connectivity index (χ4n) is 1.94. The molecule has 2 N–H and O–H groups in total. The van der Waals surface area contributed by atoms with E-state index >= 15 is 0 Å². The van der Waals surface area contributed by atoms with Gasteiger partial charge in [-0.25, -0.2) is 9.97 Å². The summed E-state index contributed by atoms with van der Waals surface area (Å²) in [6.45, 7) is 2.39. The molecule has 0 spiro atoms. The standard InChI is InChI=1S/C13H13N5O/c1-2-19-13-11(14)12(15-7-16-13)18-8-17-9-5-3-4-6-10(9)18/h3-8H,2,14H2,1H3. The molecule has 19 heavy (non-hydrogen) atoms. The quantitative estimate of drug-likeness (QED) is 0.772. The molecule has 3 aromatic rings. The zero-order valence-electron chi connectivity index (χ0n) is 10.4. The zero-order valence-corrected chi connectivity index (χ0v) is 10.4. The van der Waals surface area contributed by atoms with Crippen LogP contribution in [0.25, 0.3) is 16.9 Å². The van der Waals surface area contributed by atoms with Gasteiger partial charge in [0.1, 0.15) is 18.3 Å². The predicted molar refractivity (Wildman–Crippen MR) is 72.2 cm³/mol. The van der Waals surface area contributed by atoms with Crippen molar-refractivity contribution in [2.24, 2.45) is 0 Å². The highest BCUT2D eigenvalue weighted by atomic mass is 16.5. The molecule has 0 aliphatic carbocycles. The van der Waals surface area contributed by atoms with E-state index in [1.54, 1.807) is 6.33 Å². The molecule has 0 radical (unpaired) electrons. The zero-order chi connectivity index (χ0) is 13.2. The highest BCUT2D eigenvalue weighted by Gasteiger charge is 2.13. The molecule has 0 atom stereocenters. The van der Waals surface area contributed by atoms with Crippen LogP contribution >= 0.6 is 0 Å². The van der Waals surface area contributed by atoms with Gasteiger partial charge in [0.25, 0.3) is 0 Å². The predicted octanol–water partition coefficient (Wildman–Crippen LogP) is 1.80. The number of nitrogens with two attached hydrogens (primary N) is 1. The Balaban J connectivity index is 2.19.